The number of benzene rings is 1. The Labute approximate surface area is 129 Å². The summed E-state index contributed by atoms with van der Waals surface area (Å²) in [6, 6.07) is 5.14. The SMILES string of the molecule is Cc1nc(CCNC(=O)c2cc(Cl)cc(Br)c2)cs1. The molecule has 6 heteroatoms. The summed E-state index contributed by atoms with van der Waals surface area (Å²) in [4.78, 5) is 16.3. The van der Waals surface area contributed by atoms with Crippen LogP contribution in [-0.2, 0) is 6.42 Å². The first-order chi connectivity index (χ1) is 9.04. The van der Waals surface area contributed by atoms with Gasteiger partial charge in [-0.1, -0.05) is 27.5 Å². The molecule has 1 aromatic carbocycles. The summed E-state index contributed by atoms with van der Waals surface area (Å²) in [5, 5.41) is 6.45. The molecule has 0 saturated carbocycles. The smallest absolute Gasteiger partial charge is 0.251 e. The van der Waals surface area contributed by atoms with E-state index in [0.717, 1.165) is 21.6 Å². The Balaban J connectivity index is 1.90. The van der Waals surface area contributed by atoms with Crippen LogP contribution in [0, 0.1) is 6.92 Å². The largest absolute Gasteiger partial charge is 0.352 e. The number of carbonyl (C=O) groups excluding carboxylic acids is 1. The zero-order valence-corrected chi connectivity index (χ0v) is 13.4. The van der Waals surface area contributed by atoms with E-state index >= 15 is 0 Å². The average Bonchev–Trinajstić information content (AvgIpc) is 2.73. The third kappa shape index (κ3) is 4.30. The van der Waals surface area contributed by atoms with Gasteiger partial charge in [-0.05, 0) is 25.1 Å². The van der Waals surface area contributed by atoms with Gasteiger partial charge in [0.25, 0.3) is 5.91 Å². The van der Waals surface area contributed by atoms with Gasteiger partial charge in [-0.15, -0.1) is 11.3 Å². The number of aryl methyl sites for hydroxylation is 1. The number of thiazole rings is 1. The molecule has 2 rings (SSSR count). The lowest BCUT2D eigenvalue weighted by atomic mass is 10.2. The molecule has 0 saturated heterocycles. The molecular weight excluding hydrogens is 348 g/mol. The highest BCUT2D eigenvalue weighted by Crippen LogP contribution is 2.19. The van der Waals surface area contributed by atoms with Crippen molar-refractivity contribution in [2.45, 2.75) is 13.3 Å². The lowest BCUT2D eigenvalue weighted by molar-refractivity contribution is 0.0954. The fourth-order valence-electron chi connectivity index (χ4n) is 1.61. The van der Waals surface area contributed by atoms with Gasteiger partial charge in [0.15, 0.2) is 0 Å². The van der Waals surface area contributed by atoms with E-state index in [1.54, 1.807) is 29.5 Å². The normalized spacial score (nSPS) is 10.5. The van der Waals surface area contributed by atoms with Crippen LogP contribution >= 0.6 is 38.9 Å². The third-order valence-corrected chi connectivity index (χ3v) is 3.96. The van der Waals surface area contributed by atoms with E-state index < -0.39 is 0 Å². The van der Waals surface area contributed by atoms with E-state index in [0.29, 0.717) is 17.1 Å². The van der Waals surface area contributed by atoms with E-state index in [1.165, 1.54) is 0 Å². The van der Waals surface area contributed by atoms with Crippen LogP contribution in [-0.4, -0.2) is 17.4 Å². The van der Waals surface area contributed by atoms with Gasteiger partial charge in [0.2, 0.25) is 0 Å². The maximum Gasteiger partial charge on any atom is 0.251 e. The first-order valence-electron chi connectivity index (χ1n) is 5.70. The summed E-state index contributed by atoms with van der Waals surface area (Å²) in [7, 11) is 0. The number of hydrogen-bond donors (Lipinski definition) is 1. The predicted molar refractivity (Wildman–Crippen MR) is 82.0 cm³/mol. The number of hydrogen-bond acceptors (Lipinski definition) is 3. The van der Waals surface area contributed by atoms with Gasteiger partial charge in [0.1, 0.15) is 0 Å². The monoisotopic (exact) mass is 358 g/mol. The van der Waals surface area contributed by atoms with Crippen LogP contribution in [0.25, 0.3) is 0 Å². The second-order valence-corrected chi connectivity index (χ2v) is 6.44. The lowest BCUT2D eigenvalue weighted by Gasteiger charge is -2.05. The minimum absolute atomic E-state index is 0.129. The molecule has 0 bridgehead atoms. The van der Waals surface area contributed by atoms with E-state index in [4.69, 9.17) is 11.6 Å². The minimum atomic E-state index is -0.129. The van der Waals surface area contributed by atoms with E-state index in [-0.39, 0.29) is 5.91 Å². The molecule has 2 aromatic rings. The number of aromatic nitrogens is 1. The molecule has 1 N–H and O–H groups in total. The van der Waals surface area contributed by atoms with Crippen molar-refractivity contribution in [2.24, 2.45) is 0 Å². The van der Waals surface area contributed by atoms with Crippen molar-refractivity contribution < 1.29 is 4.79 Å². The summed E-state index contributed by atoms with van der Waals surface area (Å²) in [6.07, 6.45) is 0.734. The van der Waals surface area contributed by atoms with Crippen LogP contribution in [0.3, 0.4) is 0 Å². The molecule has 0 radical (unpaired) electrons. The summed E-state index contributed by atoms with van der Waals surface area (Å²) < 4.78 is 0.792. The van der Waals surface area contributed by atoms with Gasteiger partial charge in [-0.25, -0.2) is 4.98 Å². The zero-order valence-electron chi connectivity index (χ0n) is 10.2. The second-order valence-electron chi connectivity index (χ2n) is 4.02. The minimum Gasteiger partial charge on any atom is -0.352 e. The molecule has 0 unspecified atom stereocenters. The maximum atomic E-state index is 11.9. The molecule has 1 aromatic heterocycles. The fourth-order valence-corrected chi connectivity index (χ4v) is 3.12. The Bertz CT molecular complexity index is 580. The summed E-state index contributed by atoms with van der Waals surface area (Å²) in [6.45, 7) is 2.53. The fraction of sp³-hybridized carbons (Fsp3) is 0.231. The van der Waals surface area contributed by atoms with E-state index in [1.807, 2.05) is 12.3 Å². The Morgan fingerprint density at radius 2 is 2.26 bits per heavy atom. The molecule has 1 amide bonds. The van der Waals surface area contributed by atoms with Crippen LogP contribution in [0.2, 0.25) is 5.02 Å². The molecule has 0 aliphatic heterocycles. The van der Waals surface area contributed by atoms with E-state index in [9.17, 15) is 4.79 Å². The third-order valence-electron chi connectivity index (χ3n) is 2.46. The molecule has 100 valence electrons. The second kappa shape index (κ2) is 6.50. The van der Waals surface area contributed by atoms with Crippen molar-refractivity contribution in [1.82, 2.24) is 10.3 Å². The van der Waals surface area contributed by atoms with Gasteiger partial charge in [-0.3, -0.25) is 4.79 Å². The van der Waals surface area contributed by atoms with E-state index in [2.05, 4.69) is 26.2 Å². The number of nitrogens with zero attached hydrogens (tertiary/aromatic N) is 1. The Hall–Kier alpha value is -0.910. The van der Waals surface area contributed by atoms with Crippen LogP contribution in [0.15, 0.2) is 28.1 Å². The van der Waals surface area contributed by atoms with Gasteiger partial charge in [-0.2, -0.15) is 0 Å². The molecule has 1 heterocycles. The predicted octanol–water partition coefficient (Wildman–Crippen LogP) is 3.84. The van der Waals surface area contributed by atoms with Crippen LogP contribution in [0.4, 0.5) is 0 Å². The topological polar surface area (TPSA) is 42.0 Å². The highest BCUT2D eigenvalue weighted by Gasteiger charge is 2.07. The van der Waals surface area contributed by atoms with Crippen LogP contribution in [0.1, 0.15) is 21.1 Å². The molecule has 0 fully saturated rings. The average molecular weight is 360 g/mol. The van der Waals surface area contributed by atoms with Gasteiger partial charge in [0.05, 0.1) is 10.7 Å². The highest BCUT2D eigenvalue weighted by molar-refractivity contribution is 9.10. The molecule has 0 aliphatic carbocycles. The molecule has 0 atom stereocenters. The molecule has 0 aliphatic rings. The van der Waals surface area contributed by atoms with Crippen molar-refractivity contribution in [3.05, 3.63) is 49.3 Å². The van der Waals surface area contributed by atoms with Crippen LogP contribution in [0.5, 0.6) is 0 Å². The van der Waals surface area contributed by atoms with Crippen LogP contribution < -0.4 is 5.32 Å². The van der Waals surface area contributed by atoms with Crippen molar-refractivity contribution in [1.29, 1.82) is 0 Å². The number of halogens is 2. The highest BCUT2D eigenvalue weighted by atomic mass is 79.9. The summed E-state index contributed by atoms with van der Waals surface area (Å²) in [5.41, 5.74) is 1.56. The van der Waals surface area contributed by atoms with Gasteiger partial charge >= 0.3 is 0 Å². The Morgan fingerprint density at radius 1 is 1.47 bits per heavy atom. The van der Waals surface area contributed by atoms with Gasteiger partial charge < -0.3 is 5.32 Å². The molecule has 0 spiro atoms. The zero-order chi connectivity index (χ0) is 13.8. The maximum absolute atomic E-state index is 11.9. The Morgan fingerprint density at radius 3 is 2.89 bits per heavy atom. The number of amides is 1. The number of carbonyl (C=O) groups is 1. The van der Waals surface area contributed by atoms with Crippen molar-refractivity contribution in [3.63, 3.8) is 0 Å². The summed E-state index contributed by atoms with van der Waals surface area (Å²) in [5.74, 6) is -0.129. The van der Waals surface area contributed by atoms with Crippen molar-refractivity contribution >= 4 is 44.8 Å². The first-order valence-corrected chi connectivity index (χ1v) is 7.75. The van der Waals surface area contributed by atoms with Crippen molar-refractivity contribution in [2.75, 3.05) is 6.54 Å². The van der Waals surface area contributed by atoms with Gasteiger partial charge in [0, 0.05) is 33.4 Å². The quantitative estimate of drug-likeness (QED) is 0.901. The molecule has 3 nitrogen and oxygen atoms in total. The number of nitrogens with one attached hydrogen (secondary N) is 1. The molecular formula is C13H12BrClN2OS. The summed E-state index contributed by atoms with van der Waals surface area (Å²) >= 11 is 10.8. The number of rotatable bonds is 4. The van der Waals surface area contributed by atoms with Crippen molar-refractivity contribution in [3.8, 4) is 0 Å². The lowest BCUT2D eigenvalue weighted by Crippen LogP contribution is -2.25. The Kier molecular flexibility index (Phi) is 4.96. The standard InChI is InChI=1S/C13H12BrClN2OS/c1-8-17-12(7-19-8)2-3-16-13(18)9-4-10(14)6-11(15)5-9/h4-7H,2-3H2,1H3,(H,16,18). The first kappa shape index (κ1) is 14.5. The molecule has 19 heavy (non-hydrogen) atoms.